The molecule has 1 N–H and O–H groups in total. The Kier molecular flexibility index (Phi) is 4.20. The van der Waals surface area contributed by atoms with Gasteiger partial charge in [-0.3, -0.25) is 23.9 Å². The fourth-order valence-electron chi connectivity index (χ4n) is 3.61. The fraction of sp³-hybridized carbons (Fsp3) is 0.143. The zero-order valence-corrected chi connectivity index (χ0v) is 15.8. The Bertz CT molecular complexity index is 1330. The summed E-state index contributed by atoms with van der Waals surface area (Å²) in [6.45, 7) is 0. The average Bonchev–Trinajstić information content (AvgIpc) is 3.38. The summed E-state index contributed by atoms with van der Waals surface area (Å²) in [4.78, 5) is 54.8. The van der Waals surface area contributed by atoms with Crippen LogP contribution in [0.5, 0.6) is 0 Å². The summed E-state index contributed by atoms with van der Waals surface area (Å²) in [5, 5.41) is 0. The standard InChI is InChI=1S/C21H16N6O3/c28-18-6-7-19(29)26(18)13-3-1-4-14(11-13)27-20-15(5-2-8-24-20)25-16(21(27)30)12-17-22-9-10-23-17/h1-5,8-11H,6-7,12H2,(H,22,23). The summed E-state index contributed by atoms with van der Waals surface area (Å²) < 4.78 is 1.45. The topological polar surface area (TPSA) is 114 Å². The van der Waals surface area contributed by atoms with E-state index in [2.05, 4.69) is 19.9 Å². The van der Waals surface area contributed by atoms with Crippen molar-refractivity contribution in [3.05, 3.63) is 76.9 Å². The number of imidazole rings is 1. The minimum Gasteiger partial charge on any atom is -0.348 e. The van der Waals surface area contributed by atoms with Crippen LogP contribution in [0.25, 0.3) is 16.9 Å². The lowest BCUT2D eigenvalue weighted by Crippen LogP contribution is -2.29. The predicted molar refractivity (Wildman–Crippen MR) is 108 cm³/mol. The molecular weight excluding hydrogens is 384 g/mol. The van der Waals surface area contributed by atoms with E-state index in [1.54, 1.807) is 55.0 Å². The number of carbonyl (C=O) groups excluding carboxylic acids is 2. The van der Waals surface area contributed by atoms with E-state index < -0.39 is 0 Å². The van der Waals surface area contributed by atoms with Crippen LogP contribution >= 0.6 is 0 Å². The molecule has 1 aliphatic heterocycles. The van der Waals surface area contributed by atoms with E-state index in [0.717, 1.165) is 4.90 Å². The third-order valence-corrected chi connectivity index (χ3v) is 4.97. The second kappa shape index (κ2) is 7.03. The maximum atomic E-state index is 13.3. The molecule has 148 valence electrons. The summed E-state index contributed by atoms with van der Waals surface area (Å²) in [5.74, 6) is 0.123. The number of benzene rings is 1. The van der Waals surface area contributed by atoms with Crippen LogP contribution < -0.4 is 10.5 Å². The fourth-order valence-corrected chi connectivity index (χ4v) is 3.61. The van der Waals surface area contributed by atoms with E-state index >= 15 is 0 Å². The molecule has 0 bridgehead atoms. The highest BCUT2D eigenvalue weighted by molar-refractivity contribution is 6.19. The largest absolute Gasteiger partial charge is 0.348 e. The summed E-state index contributed by atoms with van der Waals surface area (Å²) in [5.41, 5.74) is 1.84. The number of amides is 2. The number of nitrogens with zero attached hydrogens (tertiary/aromatic N) is 5. The quantitative estimate of drug-likeness (QED) is 0.522. The number of H-pyrrole nitrogens is 1. The average molecular weight is 400 g/mol. The number of pyridine rings is 1. The highest BCUT2D eigenvalue weighted by Gasteiger charge is 2.30. The lowest BCUT2D eigenvalue weighted by molar-refractivity contribution is -0.121. The van der Waals surface area contributed by atoms with Gasteiger partial charge in [0.05, 0.1) is 17.8 Å². The van der Waals surface area contributed by atoms with Gasteiger partial charge < -0.3 is 4.98 Å². The molecule has 2 amide bonds. The first-order valence-corrected chi connectivity index (χ1v) is 9.43. The highest BCUT2D eigenvalue weighted by Crippen LogP contribution is 2.25. The second-order valence-electron chi connectivity index (χ2n) is 6.90. The Morgan fingerprint density at radius 2 is 1.73 bits per heavy atom. The Morgan fingerprint density at radius 1 is 0.933 bits per heavy atom. The monoisotopic (exact) mass is 400 g/mol. The second-order valence-corrected chi connectivity index (χ2v) is 6.90. The van der Waals surface area contributed by atoms with Crippen LogP contribution in [0.1, 0.15) is 24.4 Å². The summed E-state index contributed by atoms with van der Waals surface area (Å²) in [7, 11) is 0. The van der Waals surface area contributed by atoms with E-state index in [1.165, 1.54) is 4.57 Å². The van der Waals surface area contributed by atoms with Gasteiger partial charge in [0.15, 0.2) is 5.65 Å². The van der Waals surface area contributed by atoms with Gasteiger partial charge in [-0.05, 0) is 30.3 Å². The summed E-state index contributed by atoms with van der Waals surface area (Å²) in [6, 6.07) is 10.3. The number of fused-ring (bicyclic) bond motifs is 1. The number of hydrogen-bond acceptors (Lipinski definition) is 6. The van der Waals surface area contributed by atoms with Gasteiger partial charge in [0, 0.05) is 31.4 Å². The Labute approximate surface area is 170 Å². The van der Waals surface area contributed by atoms with Crippen molar-refractivity contribution in [1.82, 2.24) is 24.5 Å². The van der Waals surface area contributed by atoms with Crippen molar-refractivity contribution in [2.45, 2.75) is 19.3 Å². The van der Waals surface area contributed by atoms with Crippen LogP contribution in [0.4, 0.5) is 5.69 Å². The minimum absolute atomic E-state index is 0.191. The highest BCUT2D eigenvalue weighted by atomic mass is 16.2. The third kappa shape index (κ3) is 2.96. The van der Waals surface area contributed by atoms with Crippen molar-refractivity contribution in [3.63, 3.8) is 0 Å². The summed E-state index contributed by atoms with van der Waals surface area (Å²) in [6.07, 6.45) is 5.50. The van der Waals surface area contributed by atoms with Gasteiger partial charge in [-0.2, -0.15) is 0 Å². The van der Waals surface area contributed by atoms with Gasteiger partial charge >= 0.3 is 0 Å². The van der Waals surface area contributed by atoms with Crippen LogP contribution in [0.2, 0.25) is 0 Å². The molecule has 30 heavy (non-hydrogen) atoms. The first kappa shape index (κ1) is 17.9. The molecule has 1 aromatic carbocycles. The van der Waals surface area contributed by atoms with Crippen molar-refractivity contribution in [1.29, 1.82) is 0 Å². The molecule has 1 saturated heterocycles. The molecule has 4 heterocycles. The Balaban J connectivity index is 1.70. The SMILES string of the molecule is O=C1CCC(=O)N1c1cccc(-n2c(=O)c(Cc3ncc[nH]3)nc3cccnc32)c1. The van der Waals surface area contributed by atoms with E-state index in [-0.39, 0.29) is 36.6 Å². The van der Waals surface area contributed by atoms with Gasteiger partial charge in [0.25, 0.3) is 5.56 Å². The predicted octanol–water partition coefficient (Wildman–Crippen LogP) is 1.75. The molecule has 4 aromatic rings. The molecular formula is C21H16N6O3. The zero-order chi connectivity index (χ0) is 20.7. The van der Waals surface area contributed by atoms with Gasteiger partial charge in [0.1, 0.15) is 17.0 Å². The number of carbonyl (C=O) groups is 2. The van der Waals surface area contributed by atoms with E-state index in [0.29, 0.717) is 34.1 Å². The number of nitrogens with one attached hydrogen (secondary N) is 1. The molecule has 0 saturated carbocycles. The van der Waals surface area contributed by atoms with E-state index in [4.69, 9.17) is 0 Å². The maximum absolute atomic E-state index is 13.3. The van der Waals surface area contributed by atoms with Crippen LogP contribution in [0.3, 0.4) is 0 Å². The van der Waals surface area contributed by atoms with Crippen LogP contribution in [0.15, 0.2) is 59.8 Å². The van der Waals surface area contributed by atoms with Crippen molar-refractivity contribution in [3.8, 4) is 5.69 Å². The van der Waals surface area contributed by atoms with Gasteiger partial charge in [-0.25, -0.2) is 15.0 Å². The lowest BCUT2D eigenvalue weighted by Gasteiger charge is -2.16. The van der Waals surface area contributed by atoms with Gasteiger partial charge in [-0.15, -0.1) is 0 Å². The molecule has 9 heteroatoms. The molecule has 3 aromatic heterocycles. The van der Waals surface area contributed by atoms with Crippen LogP contribution in [0, 0.1) is 0 Å². The smallest absolute Gasteiger partial charge is 0.278 e. The van der Waals surface area contributed by atoms with Crippen molar-refractivity contribution >= 4 is 28.7 Å². The number of rotatable bonds is 4. The molecule has 0 atom stereocenters. The molecule has 1 fully saturated rings. The van der Waals surface area contributed by atoms with Crippen molar-refractivity contribution in [2.75, 3.05) is 4.90 Å². The van der Waals surface area contributed by atoms with Crippen molar-refractivity contribution < 1.29 is 9.59 Å². The van der Waals surface area contributed by atoms with Gasteiger partial charge in [-0.1, -0.05) is 6.07 Å². The number of anilines is 1. The van der Waals surface area contributed by atoms with Crippen LogP contribution in [-0.2, 0) is 16.0 Å². The number of aromatic amines is 1. The molecule has 0 spiro atoms. The lowest BCUT2D eigenvalue weighted by atomic mass is 10.2. The Morgan fingerprint density at radius 3 is 2.50 bits per heavy atom. The van der Waals surface area contributed by atoms with Crippen LogP contribution in [-0.4, -0.2) is 36.3 Å². The van der Waals surface area contributed by atoms with E-state index in [9.17, 15) is 14.4 Å². The number of imide groups is 1. The maximum Gasteiger partial charge on any atom is 0.278 e. The zero-order valence-electron chi connectivity index (χ0n) is 15.8. The first-order valence-electron chi connectivity index (χ1n) is 9.43. The van der Waals surface area contributed by atoms with Gasteiger partial charge in [0.2, 0.25) is 11.8 Å². The molecule has 5 rings (SSSR count). The first-order chi connectivity index (χ1) is 14.6. The van der Waals surface area contributed by atoms with E-state index in [1.807, 2.05) is 0 Å². The number of hydrogen-bond donors (Lipinski definition) is 1. The summed E-state index contributed by atoms with van der Waals surface area (Å²) >= 11 is 0. The Hall–Kier alpha value is -4.14. The minimum atomic E-state index is -0.339. The molecule has 1 aliphatic rings. The molecule has 0 radical (unpaired) electrons. The normalized spacial score (nSPS) is 14.1. The molecule has 9 nitrogen and oxygen atoms in total. The van der Waals surface area contributed by atoms with Crippen molar-refractivity contribution in [2.24, 2.45) is 0 Å². The molecule has 0 aliphatic carbocycles. The molecule has 0 unspecified atom stereocenters. The number of aromatic nitrogens is 5. The third-order valence-electron chi connectivity index (χ3n) is 4.97.